The molecule has 0 saturated carbocycles. The molecule has 0 aromatic heterocycles. The summed E-state index contributed by atoms with van der Waals surface area (Å²) in [5.74, 6) is 0.136. The van der Waals surface area contributed by atoms with E-state index in [1.165, 1.54) is 0 Å². The second-order valence-corrected chi connectivity index (χ2v) is 5.36. The maximum Gasteiger partial charge on any atom is 0.237 e. The van der Waals surface area contributed by atoms with Gasteiger partial charge in [-0.05, 0) is 25.8 Å². The van der Waals surface area contributed by atoms with Crippen LogP contribution >= 0.6 is 0 Å². The van der Waals surface area contributed by atoms with Gasteiger partial charge in [0.25, 0.3) is 0 Å². The number of hydrogen-bond donors (Lipinski definition) is 1. The molecule has 1 aliphatic rings. The highest BCUT2D eigenvalue weighted by atomic mass is 16.5. The zero-order chi connectivity index (χ0) is 15.5. The predicted octanol–water partition coefficient (Wildman–Crippen LogP) is 1.02. The summed E-state index contributed by atoms with van der Waals surface area (Å²) in [5, 5.41) is 0. The van der Waals surface area contributed by atoms with E-state index in [0.29, 0.717) is 32.3 Å². The first-order chi connectivity index (χ1) is 10.2. The molecule has 0 bridgehead atoms. The Morgan fingerprint density at radius 1 is 1.29 bits per heavy atom. The third-order valence-corrected chi connectivity index (χ3v) is 3.65. The minimum Gasteiger partial charge on any atom is -0.378 e. The average Bonchev–Trinajstić information content (AvgIpc) is 2.49. The van der Waals surface area contributed by atoms with Gasteiger partial charge in [0.2, 0.25) is 5.91 Å². The van der Waals surface area contributed by atoms with Crippen LogP contribution in [0.4, 0.5) is 0 Å². The molecule has 120 valence electrons. The highest BCUT2D eigenvalue weighted by Gasteiger charge is 2.22. The number of carbonyl (C=O) groups is 1. The second kappa shape index (κ2) is 10.5. The molecule has 2 N–H and O–H groups in total. The Bertz CT molecular complexity index is 315. The lowest BCUT2D eigenvalue weighted by molar-refractivity contribution is -0.132. The van der Waals surface area contributed by atoms with Crippen LogP contribution in [0.15, 0.2) is 25.3 Å². The van der Waals surface area contributed by atoms with Crippen LogP contribution in [-0.4, -0.2) is 67.7 Å². The molecule has 1 rings (SSSR count). The number of piperidine rings is 1. The van der Waals surface area contributed by atoms with E-state index >= 15 is 0 Å². The number of likely N-dealkylation sites (tertiary alicyclic amines) is 1. The zero-order valence-electron chi connectivity index (χ0n) is 13.0. The minimum atomic E-state index is 0.136. The lowest BCUT2D eigenvalue weighted by Crippen LogP contribution is -2.44. The Morgan fingerprint density at radius 2 is 1.90 bits per heavy atom. The Hall–Kier alpha value is -1.17. The molecule has 0 unspecified atom stereocenters. The summed E-state index contributed by atoms with van der Waals surface area (Å²) >= 11 is 0. The topological polar surface area (TPSA) is 58.8 Å². The van der Waals surface area contributed by atoms with Gasteiger partial charge in [0, 0.05) is 32.8 Å². The third kappa shape index (κ3) is 6.89. The van der Waals surface area contributed by atoms with Gasteiger partial charge >= 0.3 is 0 Å². The summed E-state index contributed by atoms with van der Waals surface area (Å²) in [7, 11) is 0. The van der Waals surface area contributed by atoms with Crippen molar-refractivity contribution in [2.75, 3.05) is 45.9 Å². The van der Waals surface area contributed by atoms with Crippen LogP contribution in [-0.2, 0) is 9.53 Å². The second-order valence-electron chi connectivity index (χ2n) is 5.36. The molecule has 0 radical (unpaired) electrons. The molecule has 21 heavy (non-hydrogen) atoms. The van der Waals surface area contributed by atoms with Crippen molar-refractivity contribution in [2.24, 2.45) is 5.73 Å². The van der Waals surface area contributed by atoms with Gasteiger partial charge in [0.1, 0.15) is 0 Å². The first-order valence-electron chi connectivity index (χ1n) is 7.74. The molecule has 1 saturated heterocycles. The minimum absolute atomic E-state index is 0.136. The maximum absolute atomic E-state index is 12.2. The number of ether oxygens (including phenoxy) is 1. The van der Waals surface area contributed by atoms with E-state index in [2.05, 4.69) is 18.1 Å². The quantitative estimate of drug-likeness (QED) is 0.483. The van der Waals surface area contributed by atoms with Crippen molar-refractivity contribution in [3.05, 3.63) is 25.3 Å². The van der Waals surface area contributed by atoms with Crippen molar-refractivity contribution in [3.8, 4) is 0 Å². The van der Waals surface area contributed by atoms with Crippen molar-refractivity contribution < 1.29 is 9.53 Å². The molecule has 0 aliphatic carbocycles. The molecule has 5 nitrogen and oxygen atoms in total. The number of hydrogen-bond acceptors (Lipinski definition) is 4. The van der Waals surface area contributed by atoms with Crippen LogP contribution in [0.1, 0.15) is 19.3 Å². The fraction of sp³-hybridized carbons (Fsp3) is 0.688. The fourth-order valence-corrected chi connectivity index (χ4v) is 2.45. The van der Waals surface area contributed by atoms with Gasteiger partial charge in [-0.25, -0.2) is 0 Å². The van der Waals surface area contributed by atoms with Crippen LogP contribution in [0.5, 0.6) is 0 Å². The summed E-state index contributed by atoms with van der Waals surface area (Å²) in [4.78, 5) is 16.2. The molecule has 1 aliphatic heterocycles. The molecule has 1 heterocycles. The Kier molecular flexibility index (Phi) is 8.98. The SMILES string of the molecule is C=CCN(CC=C)C(=O)CN1CCC(OCCCN)CC1. The van der Waals surface area contributed by atoms with E-state index < -0.39 is 0 Å². The Labute approximate surface area is 128 Å². The number of carbonyl (C=O) groups excluding carboxylic acids is 1. The molecule has 0 spiro atoms. The van der Waals surface area contributed by atoms with Gasteiger partial charge in [-0.1, -0.05) is 12.2 Å². The van der Waals surface area contributed by atoms with Crippen LogP contribution in [0, 0.1) is 0 Å². The highest BCUT2D eigenvalue weighted by Crippen LogP contribution is 2.14. The Morgan fingerprint density at radius 3 is 2.43 bits per heavy atom. The average molecular weight is 295 g/mol. The lowest BCUT2D eigenvalue weighted by atomic mass is 10.1. The first-order valence-corrected chi connectivity index (χ1v) is 7.74. The molecule has 5 heteroatoms. The first kappa shape index (κ1) is 17.9. The largest absolute Gasteiger partial charge is 0.378 e. The van der Waals surface area contributed by atoms with Crippen LogP contribution in [0.3, 0.4) is 0 Å². The smallest absolute Gasteiger partial charge is 0.237 e. The zero-order valence-corrected chi connectivity index (χ0v) is 13.0. The van der Waals surface area contributed by atoms with Gasteiger partial charge in [-0.3, -0.25) is 9.69 Å². The van der Waals surface area contributed by atoms with Crippen LogP contribution in [0.25, 0.3) is 0 Å². The molecular formula is C16H29N3O2. The number of amides is 1. The number of rotatable bonds is 10. The molecule has 1 amide bonds. The number of nitrogens with zero attached hydrogens (tertiary/aromatic N) is 2. The van der Waals surface area contributed by atoms with Crippen molar-refractivity contribution in [2.45, 2.75) is 25.4 Å². The molecule has 0 atom stereocenters. The summed E-state index contributed by atoms with van der Waals surface area (Å²) in [6.07, 6.45) is 6.70. The van der Waals surface area contributed by atoms with Crippen molar-refractivity contribution >= 4 is 5.91 Å². The lowest BCUT2D eigenvalue weighted by Gasteiger charge is -2.32. The monoisotopic (exact) mass is 295 g/mol. The molecule has 1 fully saturated rings. The molecular weight excluding hydrogens is 266 g/mol. The van der Waals surface area contributed by atoms with Crippen LogP contribution in [0.2, 0.25) is 0 Å². The molecule has 0 aromatic rings. The standard InChI is InChI=1S/C16H29N3O2/c1-3-9-19(10-4-2)16(20)14-18-11-6-15(7-12-18)21-13-5-8-17/h3-4,15H,1-2,5-14,17H2. The van der Waals surface area contributed by atoms with E-state index in [9.17, 15) is 4.79 Å². The summed E-state index contributed by atoms with van der Waals surface area (Å²) in [5.41, 5.74) is 5.45. The number of nitrogens with two attached hydrogens (primary N) is 1. The normalized spacial score (nSPS) is 16.6. The van der Waals surface area contributed by atoms with Gasteiger partial charge in [-0.15, -0.1) is 13.2 Å². The van der Waals surface area contributed by atoms with E-state index in [1.807, 2.05) is 0 Å². The molecule has 0 aromatic carbocycles. The van der Waals surface area contributed by atoms with E-state index in [-0.39, 0.29) is 5.91 Å². The van der Waals surface area contributed by atoms with Crippen molar-refractivity contribution in [1.29, 1.82) is 0 Å². The predicted molar refractivity (Wildman–Crippen MR) is 86.1 cm³/mol. The fourth-order valence-electron chi connectivity index (χ4n) is 2.45. The van der Waals surface area contributed by atoms with Crippen molar-refractivity contribution in [1.82, 2.24) is 9.80 Å². The van der Waals surface area contributed by atoms with E-state index in [4.69, 9.17) is 10.5 Å². The van der Waals surface area contributed by atoms with Gasteiger partial charge in [0.05, 0.1) is 12.6 Å². The van der Waals surface area contributed by atoms with Crippen LogP contribution < -0.4 is 5.73 Å². The summed E-state index contributed by atoms with van der Waals surface area (Å²) in [6.45, 7) is 12.2. The van der Waals surface area contributed by atoms with E-state index in [0.717, 1.165) is 39.0 Å². The van der Waals surface area contributed by atoms with Gasteiger partial charge < -0.3 is 15.4 Å². The Balaban J connectivity index is 2.28. The van der Waals surface area contributed by atoms with Gasteiger partial charge in [0.15, 0.2) is 0 Å². The van der Waals surface area contributed by atoms with E-state index in [1.54, 1.807) is 17.1 Å². The summed E-state index contributed by atoms with van der Waals surface area (Å²) < 4.78 is 5.77. The summed E-state index contributed by atoms with van der Waals surface area (Å²) in [6, 6.07) is 0. The van der Waals surface area contributed by atoms with Gasteiger partial charge in [-0.2, -0.15) is 0 Å². The highest BCUT2D eigenvalue weighted by molar-refractivity contribution is 5.78. The maximum atomic E-state index is 12.2. The van der Waals surface area contributed by atoms with Crippen molar-refractivity contribution in [3.63, 3.8) is 0 Å². The third-order valence-electron chi connectivity index (χ3n) is 3.65.